The molecule has 0 aliphatic carbocycles. The van der Waals surface area contributed by atoms with Crippen LogP contribution in [0.2, 0.25) is 0 Å². The van der Waals surface area contributed by atoms with Gasteiger partial charge in [-0.25, -0.2) is 4.99 Å². The number of nitrogens with zero attached hydrogens (tertiary/aromatic N) is 2. The molecule has 0 aliphatic rings. The third-order valence-electron chi connectivity index (χ3n) is 3.72. The van der Waals surface area contributed by atoms with Crippen LogP contribution in [-0.4, -0.2) is 11.9 Å². The summed E-state index contributed by atoms with van der Waals surface area (Å²) in [6.45, 7) is 4.15. The summed E-state index contributed by atoms with van der Waals surface area (Å²) in [5.74, 6) is 0. The van der Waals surface area contributed by atoms with Crippen molar-refractivity contribution in [3.8, 4) is 0 Å². The Kier molecular flexibility index (Phi) is 4.97. The summed E-state index contributed by atoms with van der Waals surface area (Å²) in [5.41, 5.74) is 6.20. The fourth-order valence-electron chi connectivity index (χ4n) is 2.30. The van der Waals surface area contributed by atoms with E-state index in [-0.39, 0.29) is 0 Å². The van der Waals surface area contributed by atoms with E-state index in [1.165, 1.54) is 11.1 Å². The maximum atomic E-state index is 4.77. The van der Waals surface area contributed by atoms with Crippen LogP contribution in [0.1, 0.15) is 16.7 Å². The van der Waals surface area contributed by atoms with Crippen LogP contribution in [0.4, 0.5) is 11.4 Å². The van der Waals surface area contributed by atoms with Crippen molar-refractivity contribution in [3.05, 3.63) is 95.6 Å². The Labute approximate surface area is 143 Å². The van der Waals surface area contributed by atoms with Crippen molar-refractivity contribution in [2.24, 2.45) is 9.98 Å². The van der Waals surface area contributed by atoms with E-state index in [9.17, 15) is 0 Å². The van der Waals surface area contributed by atoms with Gasteiger partial charge < -0.3 is 0 Å². The van der Waals surface area contributed by atoms with Crippen molar-refractivity contribution in [1.29, 1.82) is 0 Å². The largest absolute Gasteiger partial charge is 0.255 e. The van der Waals surface area contributed by atoms with Crippen molar-refractivity contribution < 1.29 is 0 Å². The van der Waals surface area contributed by atoms with E-state index in [1.807, 2.05) is 60.8 Å². The monoisotopic (exact) mass is 312 g/mol. The molecule has 118 valence electrons. The van der Waals surface area contributed by atoms with Crippen LogP contribution in [0.25, 0.3) is 0 Å². The molecule has 0 saturated heterocycles. The molecule has 0 fully saturated rings. The molecule has 0 atom stereocenters. The molecule has 3 rings (SSSR count). The second-order valence-corrected chi connectivity index (χ2v) is 5.79. The number of aryl methyl sites for hydroxylation is 2. The Morgan fingerprint density at radius 2 is 1.21 bits per heavy atom. The smallest absolute Gasteiger partial charge is 0.0892 e. The SMILES string of the molecule is Cc1ccc(N=CC(=Nc2ccc(C)cc2)c2ccccc2)cc1. The topological polar surface area (TPSA) is 24.7 Å². The third-order valence-corrected chi connectivity index (χ3v) is 3.72. The first-order valence-corrected chi connectivity index (χ1v) is 8.02. The Balaban J connectivity index is 1.96. The van der Waals surface area contributed by atoms with Gasteiger partial charge in [-0.1, -0.05) is 65.7 Å². The summed E-state index contributed by atoms with van der Waals surface area (Å²) in [6.07, 6.45) is 1.83. The van der Waals surface area contributed by atoms with Crippen LogP contribution in [0.15, 0.2) is 88.8 Å². The van der Waals surface area contributed by atoms with E-state index in [2.05, 4.69) is 43.1 Å². The average molecular weight is 312 g/mol. The van der Waals surface area contributed by atoms with E-state index in [0.717, 1.165) is 22.6 Å². The predicted octanol–water partition coefficient (Wildman–Crippen LogP) is 5.83. The second kappa shape index (κ2) is 7.51. The van der Waals surface area contributed by atoms with Gasteiger partial charge in [0, 0.05) is 5.56 Å². The molecular weight excluding hydrogens is 292 g/mol. The number of aliphatic imine (C=N–C) groups is 2. The minimum Gasteiger partial charge on any atom is -0.255 e. The summed E-state index contributed by atoms with van der Waals surface area (Å²) in [5, 5.41) is 0. The van der Waals surface area contributed by atoms with Crippen LogP contribution in [-0.2, 0) is 0 Å². The van der Waals surface area contributed by atoms with Crippen molar-refractivity contribution in [3.63, 3.8) is 0 Å². The Bertz CT molecular complexity index is 843. The number of rotatable bonds is 4. The molecule has 0 unspecified atom stereocenters. The minimum absolute atomic E-state index is 0.847. The first-order valence-electron chi connectivity index (χ1n) is 8.02. The Morgan fingerprint density at radius 1 is 0.667 bits per heavy atom. The Hall–Kier alpha value is -3.00. The van der Waals surface area contributed by atoms with E-state index >= 15 is 0 Å². The first kappa shape index (κ1) is 15.9. The molecule has 0 spiro atoms. The third kappa shape index (κ3) is 4.26. The molecule has 2 heteroatoms. The second-order valence-electron chi connectivity index (χ2n) is 5.79. The van der Waals surface area contributed by atoms with Crippen LogP contribution in [0.3, 0.4) is 0 Å². The molecular formula is C22H20N2. The molecule has 0 bridgehead atoms. The zero-order valence-electron chi connectivity index (χ0n) is 14.0. The maximum absolute atomic E-state index is 4.77. The van der Waals surface area contributed by atoms with Gasteiger partial charge >= 0.3 is 0 Å². The molecule has 0 radical (unpaired) electrons. The fraction of sp³-hybridized carbons (Fsp3) is 0.0909. The summed E-state index contributed by atoms with van der Waals surface area (Å²) in [4.78, 5) is 9.35. The summed E-state index contributed by atoms with van der Waals surface area (Å²) in [7, 11) is 0. The molecule has 24 heavy (non-hydrogen) atoms. The van der Waals surface area contributed by atoms with Crippen LogP contribution < -0.4 is 0 Å². The van der Waals surface area contributed by atoms with Crippen LogP contribution in [0.5, 0.6) is 0 Å². The molecule has 3 aromatic carbocycles. The predicted molar refractivity (Wildman–Crippen MR) is 103 cm³/mol. The fourth-order valence-corrected chi connectivity index (χ4v) is 2.30. The lowest BCUT2D eigenvalue weighted by molar-refractivity contribution is 1.43. The number of benzene rings is 3. The zero-order valence-corrected chi connectivity index (χ0v) is 14.0. The quantitative estimate of drug-likeness (QED) is 0.542. The standard InChI is InChI=1S/C22H20N2/c1-17-8-12-20(13-9-17)23-16-22(19-6-4-3-5-7-19)24-21-14-10-18(2)11-15-21/h3-16H,1-2H3. The Morgan fingerprint density at radius 3 is 1.79 bits per heavy atom. The molecule has 2 nitrogen and oxygen atoms in total. The highest BCUT2D eigenvalue weighted by atomic mass is 14.8. The van der Waals surface area contributed by atoms with Crippen molar-refractivity contribution in [1.82, 2.24) is 0 Å². The van der Waals surface area contributed by atoms with Gasteiger partial charge in [0.2, 0.25) is 0 Å². The van der Waals surface area contributed by atoms with E-state index < -0.39 is 0 Å². The van der Waals surface area contributed by atoms with Crippen LogP contribution >= 0.6 is 0 Å². The van der Waals surface area contributed by atoms with Gasteiger partial charge in [0.1, 0.15) is 0 Å². The van der Waals surface area contributed by atoms with E-state index in [4.69, 9.17) is 4.99 Å². The highest BCUT2D eigenvalue weighted by Crippen LogP contribution is 2.16. The van der Waals surface area contributed by atoms with Gasteiger partial charge in [-0.05, 0) is 38.1 Å². The summed E-state index contributed by atoms with van der Waals surface area (Å²) >= 11 is 0. The van der Waals surface area contributed by atoms with Crippen molar-refractivity contribution >= 4 is 23.3 Å². The summed E-state index contributed by atoms with van der Waals surface area (Å²) in [6, 6.07) is 26.5. The highest BCUT2D eigenvalue weighted by molar-refractivity contribution is 6.39. The molecule has 0 saturated carbocycles. The molecule has 0 aliphatic heterocycles. The van der Waals surface area contributed by atoms with Crippen molar-refractivity contribution in [2.45, 2.75) is 13.8 Å². The van der Waals surface area contributed by atoms with Crippen LogP contribution in [0, 0.1) is 13.8 Å². The van der Waals surface area contributed by atoms with E-state index in [1.54, 1.807) is 0 Å². The zero-order chi connectivity index (χ0) is 16.8. The van der Waals surface area contributed by atoms with Gasteiger partial charge in [-0.3, -0.25) is 4.99 Å². The molecule has 0 heterocycles. The number of hydrogen-bond donors (Lipinski definition) is 0. The minimum atomic E-state index is 0.847. The average Bonchev–Trinajstić information content (AvgIpc) is 2.62. The lowest BCUT2D eigenvalue weighted by Gasteiger charge is -2.03. The van der Waals surface area contributed by atoms with Gasteiger partial charge in [0.05, 0.1) is 23.3 Å². The molecule has 0 N–H and O–H groups in total. The maximum Gasteiger partial charge on any atom is 0.0892 e. The van der Waals surface area contributed by atoms with Gasteiger partial charge in [-0.15, -0.1) is 0 Å². The van der Waals surface area contributed by atoms with Gasteiger partial charge in [-0.2, -0.15) is 0 Å². The highest BCUT2D eigenvalue weighted by Gasteiger charge is 2.01. The first-order chi connectivity index (χ1) is 11.7. The molecule has 3 aromatic rings. The number of hydrogen-bond acceptors (Lipinski definition) is 2. The van der Waals surface area contributed by atoms with E-state index in [0.29, 0.717) is 0 Å². The molecule has 0 aromatic heterocycles. The van der Waals surface area contributed by atoms with Crippen molar-refractivity contribution in [2.75, 3.05) is 0 Å². The van der Waals surface area contributed by atoms with Gasteiger partial charge in [0.25, 0.3) is 0 Å². The lowest BCUT2D eigenvalue weighted by atomic mass is 10.1. The lowest BCUT2D eigenvalue weighted by Crippen LogP contribution is -2.01. The normalized spacial score (nSPS) is 11.8. The summed E-state index contributed by atoms with van der Waals surface area (Å²) < 4.78 is 0. The molecule has 0 amide bonds. The van der Waals surface area contributed by atoms with Gasteiger partial charge in [0.15, 0.2) is 0 Å².